The van der Waals surface area contributed by atoms with E-state index in [-0.39, 0.29) is 0 Å². The molecule has 0 aromatic rings. The highest BCUT2D eigenvalue weighted by molar-refractivity contribution is 7.91. The molecule has 0 fully saturated rings. The molecule has 0 saturated heterocycles. The molecule has 0 heterocycles. The van der Waals surface area contributed by atoms with Crippen LogP contribution >= 0.6 is 11.6 Å². The van der Waals surface area contributed by atoms with Crippen LogP contribution in [0, 0.1) is 6.92 Å². The standard InChI is InChI=1S/C5H10ClO2S/c1-5(3-4-6)9(2,7)8/h5H,1,3-4H2,2H3. The van der Waals surface area contributed by atoms with Gasteiger partial charge >= 0.3 is 0 Å². The van der Waals surface area contributed by atoms with E-state index in [4.69, 9.17) is 11.6 Å². The molecule has 9 heavy (non-hydrogen) atoms. The molecule has 2 nitrogen and oxygen atoms in total. The van der Waals surface area contributed by atoms with Gasteiger partial charge in [-0.25, -0.2) is 8.42 Å². The predicted molar refractivity (Wildman–Crippen MR) is 39.3 cm³/mol. The van der Waals surface area contributed by atoms with Gasteiger partial charge in [0.15, 0.2) is 0 Å². The van der Waals surface area contributed by atoms with Crippen LogP contribution in [0.4, 0.5) is 0 Å². The van der Waals surface area contributed by atoms with E-state index in [0.29, 0.717) is 12.3 Å². The van der Waals surface area contributed by atoms with Gasteiger partial charge in [0.2, 0.25) is 0 Å². The lowest BCUT2D eigenvalue weighted by Gasteiger charge is -2.04. The van der Waals surface area contributed by atoms with Crippen molar-refractivity contribution in [1.82, 2.24) is 0 Å². The first-order valence-corrected chi connectivity index (χ1v) is 5.05. The number of rotatable bonds is 3. The summed E-state index contributed by atoms with van der Waals surface area (Å²) in [6, 6.07) is 0. The summed E-state index contributed by atoms with van der Waals surface area (Å²) in [5.74, 6) is 0.348. The van der Waals surface area contributed by atoms with Gasteiger partial charge in [-0.3, -0.25) is 0 Å². The minimum atomic E-state index is -2.96. The quantitative estimate of drug-likeness (QED) is 0.588. The minimum Gasteiger partial charge on any atom is -0.229 e. The Hall–Kier alpha value is 0.240. The molecule has 0 aromatic heterocycles. The van der Waals surface area contributed by atoms with Gasteiger partial charge in [0, 0.05) is 12.1 Å². The Bertz CT molecular complexity index is 162. The fraction of sp³-hybridized carbons (Fsp3) is 0.800. The van der Waals surface area contributed by atoms with Crippen molar-refractivity contribution in [1.29, 1.82) is 0 Å². The van der Waals surface area contributed by atoms with Crippen LogP contribution < -0.4 is 0 Å². The van der Waals surface area contributed by atoms with Crippen molar-refractivity contribution < 1.29 is 8.42 Å². The summed E-state index contributed by atoms with van der Waals surface area (Å²) in [4.78, 5) is 0. The van der Waals surface area contributed by atoms with Crippen LogP contribution in [0.3, 0.4) is 0 Å². The van der Waals surface area contributed by atoms with Crippen molar-refractivity contribution >= 4 is 21.4 Å². The van der Waals surface area contributed by atoms with Gasteiger partial charge in [0.05, 0.1) is 5.25 Å². The summed E-state index contributed by atoms with van der Waals surface area (Å²) in [6.45, 7) is 3.43. The van der Waals surface area contributed by atoms with E-state index < -0.39 is 15.1 Å². The predicted octanol–water partition coefficient (Wildman–Crippen LogP) is 0.863. The summed E-state index contributed by atoms with van der Waals surface area (Å²) < 4.78 is 21.2. The Kier molecular flexibility index (Phi) is 3.51. The van der Waals surface area contributed by atoms with Crippen LogP contribution in [0.1, 0.15) is 6.42 Å². The van der Waals surface area contributed by atoms with Crippen LogP contribution in [0.25, 0.3) is 0 Å². The number of alkyl halides is 1. The number of halogens is 1. The van der Waals surface area contributed by atoms with Crippen molar-refractivity contribution in [2.45, 2.75) is 11.7 Å². The second-order valence-electron chi connectivity index (χ2n) is 1.93. The lowest BCUT2D eigenvalue weighted by atomic mass is 10.4. The minimum absolute atomic E-state index is 0.348. The average Bonchev–Trinajstić information content (AvgIpc) is 1.64. The number of hydrogen-bond donors (Lipinski definition) is 0. The van der Waals surface area contributed by atoms with Gasteiger partial charge in [0.1, 0.15) is 9.84 Å². The Morgan fingerprint density at radius 1 is 1.67 bits per heavy atom. The van der Waals surface area contributed by atoms with Gasteiger partial charge in [-0.05, 0) is 13.3 Å². The molecule has 0 aromatic carbocycles. The van der Waals surface area contributed by atoms with Gasteiger partial charge in [0.25, 0.3) is 0 Å². The SMILES string of the molecule is [CH2]C(CCCl)S(C)(=O)=O. The molecule has 0 aliphatic rings. The smallest absolute Gasteiger partial charge is 0.150 e. The largest absolute Gasteiger partial charge is 0.229 e. The molecule has 1 unspecified atom stereocenters. The summed E-state index contributed by atoms with van der Waals surface area (Å²) in [7, 11) is -2.96. The first kappa shape index (κ1) is 9.24. The maximum atomic E-state index is 10.6. The van der Waals surface area contributed by atoms with E-state index in [9.17, 15) is 8.42 Å². The van der Waals surface area contributed by atoms with Gasteiger partial charge in [-0.2, -0.15) is 0 Å². The lowest BCUT2D eigenvalue weighted by molar-refractivity contribution is 0.592. The van der Waals surface area contributed by atoms with E-state index >= 15 is 0 Å². The highest BCUT2D eigenvalue weighted by atomic mass is 35.5. The van der Waals surface area contributed by atoms with E-state index in [1.54, 1.807) is 0 Å². The van der Waals surface area contributed by atoms with Crippen LogP contribution in [0.15, 0.2) is 0 Å². The second kappa shape index (κ2) is 3.42. The summed E-state index contributed by atoms with van der Waals surface area (Å²) in [6.07, 6.45) is 1.59. The van der Waals surface area contributed by atoms with Crippen molar-refractivity contribution in [3.63, 3.8) is 0 Å². The molecule has 1 radical (unpaired) electrons. The van der Waals surface area contributed by atoms with E-state index in [0.717, 1.165) is 6.26 Å². The van der Waals surface area contributed by atoms with Crippen molar-refractivity contribution in [2.24, 2.45) is 0 Å². The second-order valence-corrected chi connectivity index (χ2v) is 4.63. The average molecular weight is 170 g/mol. The molecular formula is C5H10ClO2S. The molecule has 0 N–H and O–H groups in total. The van der Waals surface area contributed by atoms with Crippen LogP contribution in [0.5, 0.6) is 0 Å². The Morgan fingerprint density at radius 2 is 2.11 bits per heavy atom. The molecule has 0 spiro atoms. The molecular weight excluding hydrogens is 160 g/mol. The van der Waals surface area contributed by atoms with Crippen LogP contribution in [0.2, 0.25) is 0 Å². The summed E-state index contributed by atoms with van der Waals surface area (Å²) in [5, 5.41) is -0.546. The third-order valence-corrected chi connectivity index (χ3v) is 2.70. The highest BCUT2D eigenvalue weighted by Gasteiger charge is 2.12. The number of sulfone groups is 1. The lowest BCUT2D eigenvalue weighted by Crippen LogP contribution is -2.16. The molecule has 0 amide bonds. The molecule has 55 valence electrons. The molecule has 4 heteroatoms. The third-order valence-electron chi connectivity index (χ3n) is 1.04. The highest BCUT2D eigenvalue weighted by Crippen LogP contribution is 2.02. The zero-order valence-corrected chi connectivity index (χ0v) is 6.87. The van der Waals surface area contributed by atoms with E-state index in [1.165, 1.54) is 0 Å². The summed E-state index contributed by atoms with van der Waals surface area (Å²) >= 11 is 5.30. The van der Waals surface area contributed by atoms with Gasteiger partial charge in [-0.1, -0.05) is 0 Å². The summed E-state index contributed by atoms with van der Waals surface area (Å²) in [5.41, 5.74) is 0. The molecule has 0 saturated carbocycles. The van der Waals surface area contributed by atoms with E-state index in [2.05, 4.69) is 6.92 Å². The Labute approximate surface area is 61.1 Å². The van der Waals surface area contributed by atoms with Crippen molar-refractivity contribution in [3.8, 4) is 0 Å². The zero-order chi connectivity index (χ0) is 7.49. The van der Waals surface area contributed by atoms with Crippen LogP contribution in [-0.2, 0) is 9.84 Å². The molecule has 0 aliphatic carbocycles. The fourth-order valence-electron chi connectivity index (χ4n) is 0.336. The van der Waals surface area contributed by atoms with E-state index in [1.807, 2.05) is 0 Å². The van der Waals surface area contributed by atoms with Gasteiger partial charge in [-0.15, -0.1) is 11.6 Å². The van der Waals surface area contributed by atoms with Gasteiger partial charge < -0.3 is 0 Å². The molecule has 0 aliphatic heterocycles. The topological polar surface area (TPSA) is 34.1 Å². The number of hydrogen-bond acceptors (Lipinski definition) is 2. The molecule has 0 bridgehead atoms. The zero-order valence-electron chi connectivity index (χ0n) is 5.30. The monoisotopic (exact) mass is 169 g/mol. The fourth-order valence-corrected chi connectivity index (χ4v) is 1.27. The third kappa shape index (κ3) is 3.76. The maximum absolute atomic E-state index is 10.6. The van der Waals surface area contributed by atoms with Crippen molar-refractivity contribution in [3.05, 3.63) is 6.92 Å². The first-order valence-electron chi connectivity index (χ1n) is 2.56. The Morgan fingerprint density at radius 3 is 2.22 bits per heavy atom. The van der Waals surface area contributed by atoms with Crippen LogP contribution in [-0.4, -0.2) is 25.8 Å². The molecule has 0 rings (SSSR count). The maximum Gasteiger partial charge on any atom is 0.150 e. The first-order chi connectivity index (χ1) is 3.98. The molecule has 1 atom stereocenters. The normalized spacial score (nSPS) is 15.4. The van der Waals surface area contributed by atoms with Crippen molar-refractivity contribution in [2.75, 3.05) is 12.1 Å². The Balaban J connectivity index is 3.90.